The zero-order valence-corrected chi connectivity index (χ0v) is 15.1. The molecular formula is C17H24N4O2S. The molecule has 1 aromatic carbocycles. The number of hydrogen-bond donors (Lipinski definition) is 2. The molecule has 24 heavy (non-hydrogen) atoms. The van der Waals surface area contributed by atoms with Gasteiger partial charge in [-0.15, -0.1) is 0 Å². The minimum absolute atomic E-state index is 0.262. The lowest BCUT2D eigenvalue weighted by Crippen LogP contribution is -2.16. The fourth-order valence-corrected chi connectivity index (χ4v) is 3.49. The van der Waals surface area contributed by atoms with E-state index in [1.807, 2.05) is 26.2 Å². The molecule has 0 saturated heterocycles. The van der Waals surface area contributed by atoms with Crippen molar-refractivity contribution in [2.24, 2.45) is 0 Å². The summed E-state index contributed by atoms with van der Waals surface area (Å²) in [6, 6.07) is 10.3. The summed E-state index contributed by atoms with van der Waals surface area (Å²) < 4.78 is 27.3. The van der Waals surface area contributed by atoms with Crippen molar-refractivity contribution in [1.82, 2.24) is 9.88 Å². The van der Waals surface area contributed by atoms with Gasteiger partial charge < -0.3 is 10.2 Å². The molecule has 0 spiro atoms. The van der Waals surface area contributed by atoms with Gasteiger partial charge in [0.05, 0.1) is 16.8 Å². The van der Waals surface area contributed by atoms with E-state index in [0.717, 1.165) is 25.2 Å². The topological polar surface area (TPSA) is 74.3 Å². The van der Waals surface area contributed by atoms with Gasteiger partial charge in [-0.25, -0.2) is 13.4 Å². The van der Waals surface area contributed by atoms with Crippen LogP contribution in [0.2, 0.25) is 0 Å². The van der Waals surface area contributed by atoms with Crippen molar-refractivity contribution in [3.8, 4) is 0 Å². The Labute approximate surface area is 144 Å². The van der Waals surface area contributed by atoms with Crippen LogP contribution in [0, 0.1) is 6.92 Å². The highest BCUT2D eigenvalue weighted by molar-refractivity contribution is 7.92. The Morgan fingerprint density at radius 2 is 1.88 bits per heavy atom. The average Bonchev–Trinajstić information content (AvgIpc) is 2.53. The van der Waals surface area contributed by atoms with E-state index in [1.165, 1.54) is 0 Å². The Bertz CT molecular complexity index is 758. The van der Waals surface area contributed by atoms with Gasteiger partial charge in [-0.3, -0.25) is 4.72 Å². The van der Waals surface area contributed by atoms with Gasteiger partial charge in [0.15, 0.2) is 0 Å². The minimum atomic E-state index is -3.63. The Morgan fingerprint density at radius 1 is 1.12 bits per heavy atom. The summed E-state index contributed by atoms with van der Waals surface area (Å²) in [6.45, 7) is 3.62. The van der Waals surface area contributed by atoms with Gasteiger partial charge in [-0.05, 0) is 57.7 Å². The van der Waals surface area contributed by atoms with Crippen LogP contribution in [0.4, 0.5) is 11.5 Å². The molecule has 0 amide bonds. The molecule has 6 nitrogen and oxygen atoms in total. The molecule has 7 heteroatoms. The van der Waals surface area contributed by atoms with Gasteiger partial charge in [0, 0.05) is 6.54 Å². The van der Waals surface area contributed by atoms with Crippen LogP contribution in [0.15, 0.2) is 47.5 Å². The zero-order valence-electron chi connectivity index (χ0n) is 14.3. The van der Waals surface area contributed by atoms with Gasteiger partial charge in [0.25, 0.3) is 10.0 Å². The van der Waals surface area contributed by atoms with Crippen LogP contribution >= 0.6 is 0 Å². The van der Waals surface area contributed by atoms with Gasteiger partial charge in [-0.2, -0.15) is 0 Å². The number of nitrogens with one attached hydrogen (secondary N) is 2. The summed E-state index contributed by atoms with van der Waals surface area (Å²) in [5.41, 5.74) is 1.57. The number of anilines is 2. The largest absolute Gasteiger partial charge is 0.384 e. The number of nitrogens with zero attached hydrogens (tertiary/aromatic N) is 2. The van der Waals surface area contributed by atoms with Crippen LogP contribution in [-0.2, 0) is 10.0 Å². The molecule has 130 valence electrons. The van der Waals surface area contributed by atoms with E-state index in [0.29, 0.717) is 11.4 Å². The summed E-state index contributed by atoms with van der Waals surface area (Å²) in [7, 11) is 0.451. The molecule has 1 aromatic heterocycles. The molecule has 0 aliphatic rings. The van der Waals surface area contributed by atoms with E-state index in [-0.39, 0.29) is 4.90 Å². The quantitative estimate of drug-likeness (QED) is 0.717. The van der Waals surface area contributed by atoms with Crippen LogP contribution < -0.4 is 10.0 Å². The second-order valence-electron chi connectivity index (χ2n) is 5.89. The van der Waals surface area contributed by atoms with E-state index < -0.39 is 10.0 Å². The van der Waals surface area contributed by atoms with Crippen molar-refractivity contribution in [3.05, 3.63) is 48.2 Å². The normalized spacial score (nSPS) is 11.5. The molecule has 0 radical (unpaired) electrons. The average molecular weight is 348 g/mol. The smallest absolute Gasteiger partial charge is 0.263 e. The van der Waals surface area contributed by atoms with Crippen molar-refractivity contribution >= 4 is 21.5 Å². The fourth-order valence-electron chi connectivity index (χ4n) is 2.24. The molecule has 1 heterocycles. The first-order chi connectivity index (χ1) is 11.4. The second-order valence-corrected chi connectivity index (χ2v) is 7.54. The van der Waals surface area contributed by atoms with Crippen LogP contribution in [-0.4, -0.2) is 45.5 Å². The van der Waals surface area contributed by atoms with Gasteiger partial charge >= 0.3 is 0 Å². The van der Waals surface area contributed by atoms with Crippen molar-refractivity contribution in [2.75, 3.05) is 37.2 Å². The van der Waals surface area contributed by atoms with Gasteiger partial charge in [0.1, 0.15) is 5.82 Å². The van der Waals surface area contributed by atoms with Crippen molar-refractivity contribution in [3.63, 3.8) is 0 Å². The first-order valence-electron chi connectivity index (χ1n) is 7.81. The molecule has 0 bridgehead atoms. The molecular weight excluding hydrogens is 324 g/mol. The third-order valence-corrected chi connectivity index (χ3v) is 5.01. The van der Waals surface area contributed by atoms with E-state index >= 15 is 0 Å². The Morgan fingerprint density at radius 3 is 2.50 bits per heavy atom. The van der Waals surface area contributed by atoms with Crippen molar-refractivity contribution in [1.29, 1.82) is 0 Å². The summed E-state index contributed by atoms with van der Waals surface area (Å²) >= 11 is 0. The lowest BCUT2D eigenvalue weighted by atomic mass is 10.2. The highest BCUT2D eigenvalue weighted by Gasteiger charge is 2.16. The molecule has 2 N–H and O–H groups in total. The highest BCUT2D eigenvalue weighted by Crippen LogP contribution is 2.18. The summed E-state index contributed by atoms with van der Waals surface area (Å²) in [4.78, 5) is 6.56. The molecule has 0 saturated carbocycles. The first kappa shape index (κ1) is 18.2. The maximum atomic E-state index is 12.4. The van der Waals surface area contributed by atoms with Crippen LogP contribution in [0.25, 0.3) is 0 Å². The molecule has 0 fully saturated rings. The number of hydrogen-bond acceptors (Lipinski definition) is 5. The Kier molecular flexibility index (Phi) is 6.16. The zero-order chi connectivity index (χ0) is 17.6. The molecule has 2 rings (SSSR count). The maximum Gasteiger partial charge on any atom is 0.263 e. The van der Waals surface area contributed by atoms with Gasteiger partial charge in [-0.1, -0.05) is 18.2 Å². The summed E-state index contributed by atoms with van der Waals surface area (Å²) in [5.74, 6) is 0.303. The number of aryl methyl sites for hydroxylation is 1. The standard InChI is InChI=1S/C17H24N4O2S/c1-14-7-4-5-8-16(14)24(22,23)20-17-10-9-15(13-19-17)18-11-6-12-21(2)3/h4-5,7-10,13,18H,6,11-12H2,1-3H3,(H,19,20). The first-order valence-corrected chi connectivity index (χ1v) is 9.30. The number of rotatable bonds is 8. The number of sulfonamides is 1. The Balaban J connectivity index is 1.97. The molecule has 2 aromatic rings. The molecule has 0 unspecified atom stereocenters. The lowest BCUT2D eigenvalue weighted by molar-refractivity contribution is 0.405. The third-order valence-electron chi connectivity index (χ3n) is 3.50. The van der Waals surface area contributed by atoms with E-state index in [2.05, 4.69) is 19.9 Å². The third kappa shape index (κ3) is 5.21. The molecule has 0 atom stereocenters. The van der Waals surface area contributed by atoms with E-state index in [4.69, 9.17) is 0 Å². The highest BCUT2D eigenvalue weighted by atomic mass is 32.2. The van der Waals surface area contributed by atoms with Crippen molar-refractivity contribution < 1.29 is 8.42 Å². The van der Waals surface area contributed by atoms with E-state index in [9.17, 15) is 8.42 Å². The molecule has 0 aliphatic heterocycles. The SMILES string of the molecule is Cc1ccccc1S(=O)(=O)Nc1ccc(NCCCN(C)C)cn1. The predicted molar refractivity (Wildman–Crippen MR) is 97.9 cm³/mol. The Hall–Kier alpha value is -2.12. The number of aromatic nitrogens is 1. The number of pyridine rings is 1. The second kappa shape index (κ2) is 8.12. The van der Waals surface area contributed by atoms with Crippen molar-refractivity contribution in [2.45, 2.75) is 18.2 Å². The number of benzene rings is 1. The van der Waals surface area contributed by atoms with Crippen LogP contribution in [0.5, 0.6) is 0 Å². The van der Waals surface area contributed by atoms with E-state index in [1.54, 1.807) is 37.4 Å². The van der Waals surface area contributed by atoms with Crippen LogP contribution in [0.3, 0.4) is 0 Å². The summed E-state index contributed by atoms with van der Waals surface area (Å²) in [5, 5.41) is 3.26. The monoisotopic (exact) mass is 348 g/mol. The summed E-state index contributed by atoms with van der Waals surface area (Å²) in [6.07, 6.45) is 2.65. The lowest BCUT2D eigenvalue weighted by Gasteiger charge is -2.12. The maximum absolute atomic E-state index is 12.4. The van der Waals surface area contributed by atoms with Gasteiger partial charge in [0.2, 0.25) is 0 Å². The van der Waals surface area contributed by atoms with Crippen LogP contribution in [0.1, 0.15) is 12.0 Å². The fraction of sp³-hybridized carbons (Fsp3) is 0.353. The molecule has 0 aliphatic carbocycles. The predicted octanol–water partition coefficient (Wildman–Crippen LogP) is 2.55. The minimum Gasteiger partial charge on any atom is -0.384 e.